The molecule has 4 rings (SSSR count). The first kappa shape index (κ1) is 17.0. The van der Waals surface area contributed by atoms with Crippen LogP contribution in [-0.2, 0) is 0 Å². The normalized spacial score (nSPS) is 12.9. The summed E-state index contributed by atoms with van der Waals surface area (Å²) in [6.45, 7) is 0. The number of nitrogens with one attached hydrogen (secondary N) is 1. The second-order valence-corrected chi connectivity index (χ2v) is 6.66. The standard InChI is InChI=1S/C19H12BrN5O2/c20-14-5-8-17-16(10-14)18(12-3-6-15(7-4-12)25(26)27)23-24-19(22-17)13-2-1-9-21-11-13/h1-11H,(H,22,24). The van der Waals surface area contributed by atoms with Gasteiger partial charge in [0, 0.05) is 45.7 Å². The molecule has 132 valence electrons. The van der Waals surface area contributed by atoms with Crippen LogP contribution in [0, 0.1) is 10.1 Å². The largest absolute Gasteiger partial charge is 0.269 e. The maximum absolute atomic E-state index is 10.9. The molecule has 7 nitrogen and oxygen atoms in total. The number of nitro groups is 1. The van der Waals surface area contributed by atoms with E-state index in [1.54, 1.807) is 24.5 Å². The van der Waals surface area contributed by atoms with Crippen LogP contribution >= 0.6 is 15.9 Å². The van der Waals surface area contributed by atoms with Crippen LogP contribution in [0.3, 0.4) is 0 Å². The van der Waals surface area contributed by atoms with Gasteiger partial charge < -0.3 is 0 Å². The Labute approximate surface area is 162 Å². The summed E-state index contributed by atoms with van der Waals surface area (Å²) >= 11 is 3.48. The lowest BCUT2D eigenvalue weighted by Crippen LogP contribution is -2.19. The van der Waals surface area contributed by atoms with E-state index < -0.39 is 4.92 Å². The molecular weight excluding hydrogens is 410 g/mol. The summed E-state index contributed by atoms with van der Waals surface area (Å²) in [5.74, 6) is 0.573. The molecule has 2 heterocycles. The van der Waals surface area contributed by atoms with Gasteiger partial charge in [-0.05, 0) is 42.5 Å². The Balaban J connectivity index is 1.83. The van der Waals surface area contributed by atoms with E-state index in [4.69, 9.17) is 4.99 Å². The number of nitro benzene ring substituents is 1. The molecular formula is C19H12BrN5O2. The van der Waals surface area contributed by atoms with Gasteiger partial charge in [-0.3, -0.25) is 20.5 Å². The Morgan fingerprint density at radius 1 is 1.04 bits per heavy atom. The van der Waals surface area contributed by atoms with Crippen LogP contribution in [0.25, 0.3) is 0 Å². The molecule has 0 fully saturated rings. The predicted molar refractivity (Wildman–Crippen MR) is 106 cm³/mol. The zero-order valence-electron chi connectivity index (χ0n) is 13.8. The van der Waals surface area contributed by atoms with E-state index in [1.807, 2.05) is 30.3 Å². The Hall–Kier alpha value is -3.39. The molecule has 0 saturated carbocycles. The van der Waals surface area contributed by atoms with Gasteiger partial charge in [-0.15, -0.1) is 0 Å². The van der Waals surface area contributed by atoms with Crippen molar-refractivity contribution in [1.29, 1.82) is 0 Å². The fourth-order valence-corrected chi connectivity index (χ4v) is 3.06. The summed E-state index contributed by atoms with van der Waals surface area (Å²) in [6.07, 6.45) is 3.40. The molecule has 1 aliphatic rings. The van der Waals surface area contributed by atoms with Crippen LogP contribution in [0.5, 0.6) is 0 Å². The molecule has 0 atom stereocenters. The number of aromatic nitrogens is 1. The van der Waals surface area contributed by atoms with Gasteiger partial charge in [-0.2, -0.15) is 5.10 Å². The van der Waals surface area contributed by atoms with Crippen LogP contribution in [0.1, 0.15) is 16.7 Å². The molecule has 1 aliphatic heterocycles. The molecule has 27 heavy (non-hydrogen) atoms. The highest BCUT2D eigenvalue weighted by Crippen LogP contribution is 2.29. The van der Waals surface area contributed by atoms with E-state index in [9.17, 15) is 10.1 Å². The quantitative estimate of drug-likeness (QED) is 0.506. The first-order chi connectivity index (χ1) is 13.1. The molecule has 0 unspecified atom stereocenters. The van der Waals surface area contributed by atoms with E-state index in [0.29, 0.717) is 11.5 Å². The average molecular weight is 422 g/mol. The molecule has 1 aromatic heterocycles. The van der Waals surface area contributed by atoms with Gasteiger partial charge in [0.2, 0.25) is 0 Å². The number of nitrogens with zero attached hydrogens (tertiary/aromatic N) is 4. The van der Waals surface area contributed by atoms with Crippen molar-refractivity contribution >= 4 is 38.9 Å². The van der Waals surface area contributed by atoms with Crippen molar-refractivity contribution in [2.24, 2.45) is 10.1 Å². The minimum Gasteiger partial charge on any atom is -0.264 e. The summed E-state index contributed by atoms with van der Waals surface area (Å²) in [5, 5.41) is 15.4. The second kappa shape index (κ2) is 7.08. The van der Waals surface area contributed by atoms with Crippen molar-refractivity contribution in [2.45, 2.75) is 0 Å². The van der Waals surface area contributed by atoms with Crippen molar-refractivity contribution in [3.05, 3.63) is 98.3 Å². The smallest absolute Gasteiger partial charge is 0.264 e. The molecule has 0 radical (unpaired) electrons. The van der Waals surface area contributed by atoms with Crippen LogP contribution in [0.4, 0.5) is 11.4 Å². The second-order valence-electron chi connectivity index (χ2n) is 5.74. The lowest BCUT2D eigenvalue weighted by atomic mass is 10.0. The number of hydrogen-bond donors (Lipinski definition) is 1. The lowest BCUT2D eigenvalue weighted by Gasteiger charge is -2.08. The third-order valence-electron chi connectivity index (χ3n) is 4.01. The highest BCUT2D eigenvalue weighted by atomic mass is 79.9. The van der Waals surface area contributed by atoms with Gasteiger partial charge in [0.15, 0.2) is 5.84 Å². The molecule has 0 spiro atoms. The highest BCUT2D eigenvalue weighted by molar-refractivity contribution is 9.10. The topological polar surface area (TPSA) is 92.8 Å². The summed E-state index contributed by atoms with van der Waals surface area (Å²) in [4.78, 5) is 19.3. The van der Waals surface area contributed by atoms with Crippen LogP contribution in [0.2, 0.25) is 0 Å². The number of fused-ring (bicyclic) bond motifs is 1. The van der Waals surface area contributed by atoms with Gasteiger partial charge in [-0.1, -0.05) is 15.9 Å². The van der Waals surface area contributed by atoms with Crippen LogP contribution in [-0.4, -0.2) is 21.5 Å². The number of halogens is 1. The number of non-ortho nitro benzene ring substituents is 1. The molecule has 8 heteroatoms. The fourth-order valence-electron chi connectivity index (χ4n) is 2.70. The zero-order valence-corrected chi connectivity index (χ0v) is 15.4. The summed E-state index contributed by atoms with van der Waals surface area (Å²) in [7, 11) is 0. The number of hydrogen-bond acceptors (Lipinski definition) is 6. The van der Waals surface area contributed by atoms with Gasteiger partial charge in [0.05, 0.1) is 10.6 Å². The molecule has 0 saturated heterocycles. The maximum Gasteiger partial charge on any atom is 0.269 e. The summed E-state index contributed by atoms with van der Waals surface area (Å²) in [5.41, 5.74) is 6.77. The van der Waals surface area contributed by atoms with Crippen molar-refractivity contribution in [3.8, 4) is 0 Å². The molecule has 0 amide bonds. The Kier molecular flexibility index (Phi) is 4.47. The number of aliphatic imine (C=N–C) groups is 1. The van der Waals surface area contributed by atoms with Gasteiger partial charge in [-0.25, -0.2) is 4.99 Å². The van der Waals surface area contributed by atoms with Gasteiger partial charge in [0.1, 0.15) is 5.71 Å². The van der Waals surface area contributed by atoms with E-state index in [2.05, 4.69) is 31.4 Å². The summed E-state index contributed by atoms with van der Waals surface area (Å²) in [6, 6.07) is 15.7. The van der Waals surface area contributed by atoms with Crippen LogP contribution in [0.15, 0.2) is 81.6 Å². The number of rotatable bonds is 3. The van der Waals surface area contributed by atoms with E-state index >= 15 is 0 Å². The lowest BCUT2D eigenvalue weighted by molar-refractivity contribution is -0.384. The maximum atomic E-state index is 10.9. The SMILES string of the molecule is O=[N+]([O-])c1ccc(C2=NNC(c3cccnc3)=Nc3ccc(Br)cc32)cc1. The van der Waals surface area contributed by atoms with Crippen molar-refractivity contribution < 1.29 is 4.92 Å². The first-order valence-corrected chi connectivity index (χ1v) is 8.78. The minimum atomic E-state index is -0.426. The summed E-state index contributed by atoms with van der Waals surface area (Å²) < 4.78 is 0.885. The molecule has 0 bridgehead atoms. The minimum absolute atomic E-state index is 0.0303. The first-order valence-electron chi connectivity index (χ1n) is 7.99. The number of hydrazone groups is 1. The third kappa shape index (κ3) is 3.47. The Bertz CT molecular complexity index is 1080. The number of pyridine rings is 1. The van der Waals surface area contributed by atoms with Gasteiger partial charge in [0.25, 0.3) is 5.69 Å². The monoisotopic (exact) mass is 421 g/mol. The average Bonchev–Trinajstić information content (AvgIpc) is 2.88. The van der Waals surface area contributed by atoms with E-state index in [-0.39, 0.29) is 5.69 Å². The Morgan fingerprint density at radius 2 is 1.85 bits per heavy atom. The fraction of sp³-hybridized carbons (Fsp3) is 0. The van der Waals surface area contributed by atoms with E-state index in [0.717, 1.165) is 26.9 Å². The van der Waals surface area contributed by atoms with Crippen molar-refractivity contribution in [3.63, 3.8) is 0 Å². The van der Waals surface area contributed by atoms with E-state index in [1.165, 1.54) is 12.1 Å². The van der Waals surface area contributed by atoms with Crippen molar-refractivity contribution in [2.75, 3.05) is 0 Å². The molecule has 0 aliphatic carbocycles. The molecule has 3 aromatic rings. The molecule has 2 aromatic carbocycles. The highest BCUT2D eigenvalue weighted by Gasteiger charge is 2.18. The number of amidine groups is 1. The predicted octanol–water partition coefficient (Wildman–Crippen LogP) is 4.19. The van der Waals surface area contributed by atoms with Crippen LogP contribution < -0.4 is 5.43 Å². The van der Waals surface area contributed by atoms with Crippen molar-refractivity contribution in [1.82, 2.24) is 10.4 Å². The van der Waals surface area contributed by atoms with Gasteiger partial charge >= 0.3 is 0 Å². The zero-order chi connectivity index (χ0) is 18.8. The number of benzene rings is 2. The third-order valence-corrected chi connectivity index (χ3v) is 4.50. The Morgan fingerprint density at radius 3 is 2.56 bits per heavy atom. The molecule has 1 N–H and O–H groups in total.